The zero-order chi connectivity index (χ0) is 13.5. The van der Waals surface area contributed by atoms with Gasteiger partial charge < -0.3 is 4.90 Å². The van der Waals surface area contributed by atoms with Crippen molar-refractivity contribution in [1.29, 1.82) is 0 Å². The Morgan fingerprint density at radius 3 is 2.74 bits per heavy atom. The van der Waals surface area contributed by atoms with E-state index in [-0.39, 0.29) is 0 Å². The predicted molar refractivity (Wildman–Crippen MR) is 82.5 cm³/mol. The number of benzene rings is 1. The van der Waals surface area contributed by atoms with E-state index < -0.39 is 0 Å². The molecule has 1 aromatic carbocycles. The molecule has 0 N–H and O–H groups in total. The second kappa shape index (κ2) is 7.68. The molecule has 2 nitrogen and oxygen atoms in total. The average Bonchev–Trinajstić information content (AvgIpc) is 2.71. The van der Waals surface area contributed by atoms with Gasteiger partial charge >= 0.3 is 0 Å². The molecule has 1 amide bonds. The average molecular weight is 324 g/mol. The van der Waals surface area contributed by atoms with Crippen molar-refractivity contribution in [2.75, 3.05) is 11.9 Å². The molecule has 1 aromatic rings. The maximum Gasteiger partial charge on any atom is 0.223 e. The van der Waals surface area contributed by atoms with Gasteiger partial charge in [-0.1, -0.05) is 59.1 Å². The van der Waals surface area contributed by atoms with E-state index in [2.05, 4.69) is 33.0 Å². The Bertz CT molecular complexity index is 393. The molecule has 2 rings (SSSR count). The van der Waals surface area contributed by atoms with Gasteiger partial charge in [0.15, 0.2) is 0 Å². The Hall–Kier alpha value is -0.830. The monoisotopic (exact) mass is 323 g/mol. The second-order valence-corrected chi connectivity index (χ2v) is 5.88. The molecule has 1 aliphatic heterocycles. The lowest BCUT2D eigenvalue weighted by Gasteiger charge is -2.28. The summed E-state index contributed by atoms with van der Waals surface area (Å²) in [5, 5.41) is 0.907. The van der Waals surface area contributed by atoms with Gasteiger partial charge in [0.25, 0.3) is 0 Å². The molecule has 1 saturated heterocycles. The van der Waals surface area contributed by atoms with E-state index in [1.807, 2.05) is 18.2 Å². The smallest absolute Gasteiger partial charge is 0.223 e. The number of carbonyl (C=O) groups is 1. The summed E-state index contributed by atoms with van der Waals surface area (Å²) in [4.78, 5) is 14.5. The van der Waals surface area contributed by atoms with Gasteiger partial charge in [-0.15, -0.1) is 0 Å². The summed E-state index contributed by atoms with van der Waals surface area (Å²) in [6.45, 7) is 0.934. The standard InChI is InChI=1S/C16H22BrNO/c17-13-15-9-5-2-6-12-18(15)16(19)11-10-14-7-3-1-4-8-14/h1,3-4,7-8,15H,2,5-6,9-13H2. The summed E-state index contributed by atoms with van der Waals surface area (Å²) in [7, 11) is 0. The van der Waals surface area contributed by atoms with Crippen LogP contribution in [0.25, 0.3) is 0 Å². The lowest BCUT2D eigenvalue weighted by Crippen LogP contribution is -2.41. The topological polar surface area (TPSA) is 20.3 Å². The van der Waals surface area contributed by atoms with E-state index in [0.717, 1.165) is 31.1 Å². The number of halogens is 1. The molecule has 0 bridgehead atoms. The van der Waals surface area contributed by atoms with E-state index in [0.29, 0.717) is 18.4 Å². The molecule has 19 heavy (non-hydrogen) atoms. The minimum atomic E-state index is 0.315. The minimum absolute atomic E-state index is 0.315. The van der Waals surface area contributed by atoms with Gasteiger partial charge in [0.2, 0.25) is 5.91 Å². The number of carbonyl (C=O) groups excluding carboxylic acids is 1. The van der Waals surface area contributed by atoms with Crippen molar-refractivity contribution >= 4 is 21.8 Å². The number of hydrogen-bond acceptors (Lipinski definition) is 1. The van der Waals surface area contributed by atoms with Crippen molar-refractivity contribution in [2.45, 2.75) is 44.6 Å². The summed E-state index contributed by atoms with van der Waals surface area (Å²) >= 11 is 3.56. The van der Waals surface area contributed by atoms with E-state index in [1.54, 1.807) is 0 Å². The van der Waals surface area contributed by atoms with Crippen molar-refractivity contribution in [3.8, 4) is 0 Å². The summed E-state index contributed by atoms with van der Waals surface area (Å²) in [5.41, 5.74) is 1.25. The fraction of sp³-hybridized carbons (Fsp3) is 0.562. The molecule has 104 valence electrons. The number of aryl methyl sites for hydroxylation is 1. The zero-order valence-electron chi connectivity index (χ0n) is 11.4. The molecule has 1 atom stereocenters. The first-order chi connectivity index (χ1) is 9.31. The first-order valence-corrected chi connectivity index (χ1v) is 8.33. The summed E-state index contributed by atoms with van der Waals surface area (Å²) in [6, 6.07) is 10.7. The van der Waals surface area contributed by atoms with Gasteiger partial charge in [0.05, 0.1) is 0 Å². The summed E-state index contributed by atoms with van der Waals surface area (Å²) < 4.78 is 0. The van der Waals surface area contributed by atoms with Gasteiger partial charge in [-0.05, 0) is 24.8 Å². The Morgan fingerprint density at radius 1 is 1.21 bits per heavy atom. The summed E-state index contributed by atoms with van der Waals surface area (Å²) in [5.74, 6) is 0.315. The fourth-order valence-electron chi connectivity index (χ4n) is 2.71. The highest BCUT2D eigenvalue weighted by Crippen LogP contribution is 2.19. The molecule has 1 unspecified atom stereocenters. The third-order valence-corrected chi connectivity index (χ3v) is 4.59. The van der Waals surface area contributed by atoms with Crippen LogP contribution in [0.1, 0.15) is 37.7 Å². The second-order valence-electron chi connectivity index (χ2n) is 5.23. The zero-order valence-corrected chi connectivity index (χ0v) is 12.9. The van der Waals surface area contributed by atoms with Crippen molar-refractivity contribution < 1.29 is 4.79 Å². The quantitative estimate of drug-likeness (QED) is 0.772. The molecule has 0 spiro atoms. The molecule has 1 fully saturated rings. The van der Waals surface area contributed by atoms with Crippen LogP contribution in [-0.4, -0.2) is 28.7 Å². The predicted octanol–water partition coefficient (Wildman–Crippen LogP) is 3.79. The minimum Gasteiger partial charge on any atom is -0.339 e. The van der Waals surface area contributed by atoms with Crippen LogP contribution in [0, 0.1) is 0 Å². The number of hydrogen-bond donors (Lipinski definition) is 0. The van der Waals surface area contributed by atoms with Gasteiger partial charge in [0.1, 0.15) is 0 Å². The van der Waals surface area contributed by atoms with Crippen LogP contribution in [-0.2, 0) is 11.2 Å². The maximum atomic E-state index is 12.4. The Kier molecular flexibility index (Phi) is 5.90. The van der Waals surface area contributed by atoms with E-state index in [9.17, 15) is 4.79 Å². The van der Waals surface area contributed by atoms with Crippen LogP contribution in [0.3, 0.4) is 0 Å². The normalized spacial score (nSPS) is 20.1. The van der Waals surface area contributed by atoms with Crippen molar-refractivity contribution in [3.05, 3.63) is 35.9 Å². The molecule has 0 radical (unpaired) electrons. The Balaban J connectivity index is 1.90. The highest BCUT2D eigenvalue weighted by Gasteiger charge is 2.23. The number of amides is 1. The molecular weight excluding hydrogens is 302 g/mol. The molecular formula is C16H22BrNO. The van der Waals surface area contributed by atoms with Crippen molar-refractivity contribution in [2.24, 2.45) is 0 Å². The molecule has 0 aliphatic carbocycles. The van der Waals surface area contributed by atoms with Gasteiger partial charge in [-0.25, -0.2) is 0 Å². The number of alkyl halides is 1. The van der Waals surface area contributed by atoms with Crippen LogP contribution in [0.15, 0.2) is 30.3 Å². The molecule has 0 saturated carbocycles. The third kappa shape index (κ3) is 4.34. The Labute approximate surface area is 124 Å². The van der Waals surface area contributed by atoms with Gasteiger partial charge in [-0.3, -0.25) is 4.79 Å². The number of rotatable bonds is 4. The van der Waals surface area contributed by atoms with Crippen molar-refractivity contribution in [3.63, 3.8) is 0 Å². The maximum absolute atomic E-state index is 12.4. The fourth-order valence-corrected chi connectivity index (χ4v) is 3.38. The van der Waals surface area contributed by atoms with Gasteiger partial charge in [0, 0.05) is 24.3 Å². The van der Waals surface area contributed by atoms with Crippen LogP contribution < -0.4 is 0 Å². The lowest BCUT2D eigenvalue weighted by atomic mass is 10.1. The van der Waals surface area contributed by atoms with Crippen LogP contribution in [0.4, 0.5) is 0 Å². The number of nitrogens with zero attached hydrogens (tertiary/aromatic N) is 1. The highest BCUT2D eigenvalue weighted by molar-refractivity contribution is 9.09. The van der Waals surface area contributed by atoms with E-state index in [1.165, 1.54) is 18.4 Å². The van der Waals surface area contributed by atoms with Crippen LogP contribution in [0.5, 0.6) is 0 Å². The first kappa shape index (κ1) is 14.6. The molecule has 0 aromatic heterocycles. The first-order valence-electron chi connectivity index (χ1n) is 7.20. The highest BCUT2D eigenvalue weighted by atomic mass is 79.9. The molecule has 1 heterocycles. The molecule has 3 heteroatoms. The number of likely N-dealkylation sites (tertiary alicyclic amines) is 1. The lowest BCUT2D eigenvalue weighted by molar-refractivity contribution is -0.132. The van der Waals surface area contributed by atoms with Crippen LogP contribution in [0.2, 0.25) is 0 Å². The Morgan fingerprint density at radius 2 is 2.00 bits per heavy atom. The van der Waals surface area contributed by atoms with Gasteiger partial charge in [-0.2, -0.15) is 0 Å². The van der Waals surface area contributed by atoms with Crippen LogP contribution >= 0.6 is 15.9 Å². The van der Waals surface area contributed by atoms with E-state index >= 15 is 0 Å². The van der Waals surface area contributed by atoms with E-state index in [4.69, 9.17) is 0 Å². The third-order valence-electron chi connectivity index (χ3n) is 3.85. The largest absolute Gasteiger partial charge is 0.339 e. The molecule has 1 aliphatic rings. The SMILES string of the molecule is O=C(CCc1ccccc1)N1CCCCCC1CBr. The van der Waals surface area contributed by atoms with Crippen molar-refractivity contribution in [1.82, 2.24) is 4.90 Å². The summed E-state index contributed by atoms with van der Waals surface area (Å²) in [6.07, 6.45) is 6.28.